The molecule has 0 saturated heterocycles. The summed E-state index contributed by atoms with van der Waals surface area (Å²) < 4.78 is 5.01. The maximum atomic E-state index is 12.2. The van der Waals surface area contributed by atoms with Crippen molar-refractivity contribution in [3.8, 4) is 0 Å². The van der Waals surface area contributed by atoms with Crippen molar-refractivity contribution in [1.82, 2.24) is 0 Å². The highest BCUT2D eigenvalue weighted by Crippen LogP contribution is 2.19. The third-order valence-corrected chi connectivity index (χ3v) is 3.01. The molecule has 0 aliphatic rings. The van der Waals surface area contributed by atoms with Gasteiger partial charge in [0.15, 0.2) is 0 Å². The molecular formula is C15H13BO6. The predicted octanol–water partition coefficient (Wildman–Crippen LogP) is 0.349. The van der Waals surface area contributed by atoms with Gasteiger partial charge in [-0.2, -0.15) is 0 Å². The van der Waals surface area contributed by atoms with Crippen molar-refractivity contribution in [3.05, 3.63) is 65.7 Å². The second-order valence-corrected chi connectivity index (χ2v) is 4.50. The Morgan fingerprint density at radius 3 is 2.14 bits per heavy atom. The van der Waals surface area contributed by atoms with Crippen LogP contribution in [0.15, 0.2) is 54.6 Å². The van der Waals surface area contributed by atoms with Gasteiger partial charge in [0.05, 0.1) is 5.56 Å². The maximum absolute atomic E-state index is 12.2. The number of carboxylic acid groups (broad SMARTS) is 1. The van der Waals surface area contributed by atoms with Crippen LogP contribution in [0, 0.1) is 0 Å². The van der Waals surface area contributed by atoms with Crippen LogP contribution in [0.2, 0.25) is 0 Å². The van der Waals surface area contributed by atoms with Gasteiger partial charge in [-0.05, 0) is 11.5 Å². The number of carboxylic acids is 1. The molecule has 0 spiro atoms. The third-order valence-electron chi connectivity index (χ3n) is 3.01. The van der Waals surface area contributed by atoms with E-state index in [1.165, 1.54) is 36.4 Å². The van der Waals surface area contributed by atoms with Crippen molar-refractivity contribution in [2.45, 2.75) is 6.10 Å². The number of esters is 1. The summed E-state index contributed by atoms with van der Waals surface area (Å²) in [5.74, 6) is -2.26. The number of benzene rings is 2. The second-order valence-electron chi connectivity index (χ2n) is 4.50. The molecule has 0 unspecified atom stereocenters. The first-order chi connectivity index (χ1) is 10.5. The second kappa shape index (κ2) is 6.88. The molecule has 3 N–H and O–H groups in total. The van der Waals surface area contributed by atoms with Crippen LogP contribution in [0.5, 0.6) is 0 Å². The Labute approximate surface area is 126 Å². The topological polar surface area (TPSA) is 104 Å². The summed E-state index contributed by atoms with van der Waals surface area (Å²) in [6, 6.07) is 13.7. The molecule has 0 fully saturated rings. The molecule has 0 heterocycles. The van der Waals surface area contributed by atoms with E-state index >= 15 is 0 Å². The van der Waals surface area contributed by atoms with Gasteiger partial charge in [0.25, 0.3) is 0 Å². The smallest absolute Gasteiger partial charge is 0.478 e. The first-order valence-corrected chi connectivity index (χ1v) is 6.44. The molecule has 0 amide bonds. The number of carbonyl (C=O) groups is 2. The lowest BCUT2D eigenvalue weighted by Crippen LogP contribution is -2.35. The molecule has 1 atom stereocenters. The van der Waals surface area contributed by atoms with Crippen molar-refractivity contribution < 1.29 is 29.5 Å². The number of aliphatic carboxylic acids is 1. The molecule has 7 heteroatoms. The summed E-state index contributed by atoms with van der Waals surface area (Å²) in [6.07, 6.45) is -1.47. The minimum atomic E-state index is -1.86. The van der Waals surface area contributed by atoms with Crippen molar-refractivity contribution in [2.75, 3.05) is 0 Å². The predicted molar refractivity (Wildman–Crippen MR) is 78.5 cm³/mol. The van der Waals surface area contributed by atoms with Gasteiger partial charge in [-0.1, -0.05) is 48.5 Å². The number of hydrogen-bond acceptors (Lipinski definition) is 5. The highest BCUT2D eigenvalue weighted by molar-refractivity contribution is 6.60. The van der Waals surface area contributed by atoms with E-state index < -0.39 is 25.2 Å². The first kappa shape index (κ1) is 15.7. The summed E-state index contributed by atoms with van der Waals surface area (Å²) >= 11 is 0. The van der Waals surface area contributed by atoms with Gasteiger partial charge in [-0.3, -0.25) is 0 Å². The van der Waals surface area contributed by atoms with E-state index in [-0.39, 0.29) is 11.0 Å². The zero-order chi connectivity index (χ0) is 16.1. The van der Waals surface area contributed by atoms with Crippen LogP contribution in [-0.2, 0) is 9.53 Å². The lowest BCUT2D eigenvalue weighted by Gasteiger charge is -2.15. The van der Waals surface area contributed by atoms with Gasteiger partial charge in [0.1, 0.15) is 0 Å². The van der Waals surface area contributed by atoms with Crippen LogP contribution < -0.4 is 5.46 Å². The molecule has 0 radical (unpaired) electrons. The maximum Gasteiger partial charge on any atom is 0.489 e. The molecule has 0 aliphatic heterocycles. The molecule has 0 bridgehead atoms. The molecule has 0 aromatic heterocycles. The first-order valence-electron chi connectivity index (χ1n) is 6.44. The van der Waals surface area contributed by atoms with Gasteiger partial charge in [-0.15, -0.1) is 0 Å². The van der Waals surface area contributed by atoms with Crippen molar-refractivity contribution in [2.24, 2.45) is 0 Å². The monoisotopic (exact) mass is 300 g/mol. The van der Waals surface area contributed by atoms with Gasteiger partial charge < -0.3 is 19.9 Å². The highest BCUT2D eigenvalue weighted by Gasteiger charge is 2.27. The molecule has 2 aromatic rings. The molecular weight excluding hydrogens is 287 g/mol. The fourth-order valence-corrected chi connectivity index (χ4v) is 1.97. The summed E-state index contributed by atoms with van der Waals surface area (Å²) in [5.41, 5.74) is 0.162. The van der Waals surface area contributed by atoms with Crippen LogP contribution in [-0.4, -0.2) is 34.2 Å². The summed E-state index contributed by atoms with van der Waals surface area (Å²) in [5, 5.41) is 27.7. The van der Waals surface area contributed by atoms with Crippen LogP contribution in [0.1, 0.15) is 22.0 Å². The van der Waals surface area contributed by atoms with Gasteiger partial charge in [0.2, 0.25) is 6.10 Å². The summed E-state index contributed by atoms with van der Waals surface area (Å²) in [7, 11) is -1.86. The Hall–Kier alpha value is -2.64. The number of hydrogen-bond donors (Lipinski definition) is 3. The average molecular weight is 300 g/mol. The average Bonchev–Trinajstić information content (AvgIpc) is 2.52. The van der Waals surface area contributed by atoms with Gasteiger partial charge in [-0.25, -0.2) is 9.59 Å². The van der Waals surface area contributed by atoms with Gasteiger partial charge in [0, 0.05) is 5.56 Å². The Kier molecular flexibility index (Phi) is 4.93. The molecule has 0 saturated carbocycles. The number of ether oxygens (including phenoxy) is 1. The van der Waals surface area contributed by atoms with Crippen molar-refractivity contribution in [1.29, 1.82) is 0 Å². The minimum Gasteiger partial charge on any atom is -0.478 e. The fourth-order valence-electron chi connectivity index (χ4n) is 1.97. The standard InChI is InChI=1S/C15H13BO6/c17-14(18)13(10-6-2-1-3-7-10)22-15(19)11-8-4-5-9-12(11)16(20)21/h1-9,13,20-21H,(H,17,18)/t13-/m0/s1. The summed E-state index contributed by atoms with van der Waals surface area (Å²) in [4.78, 5) is 23.5. The van der Waals surface area contributed by atoms with E-state index in [0.717, 1.165) is 0 Å². The molecule has 22 heavy (non-hydrogen) atoms. The zero-order valence-corrected chi connectivity index (χ0v) is 11.4. The largest absolute Gasteiger partial charge is 0.489 e. The Morgan fingerprint density at radius 1 is 0.955 bits per heavy atom. The molecule has 6 nitrogen and oxygen atoms in total. The van der Waals surface area contributed by atoms with Crippen LogP contribution in [0.4, 0.5) is 0 Å². The number of carbonyl (C=O) groups excluding carboxylic acids is 1. The van der Waals surface area contributed by atoms with E-state index in [9.17, 15) is 24.7 Å². The van der Waals surface area contributed by atoms with E-state index in [1.807, 2.05) is 0 Å². The fraction of sp³-hybridized carbons (Fsp3) is 0.0667. The van der Waals surface area contributed by atoms with E-state index in [4.69, 9.17) is 4.74 Å². The van der Waals surface area contributed by atoms with Crippen LogP contribution in [0.25, 0.3) is 0 Å². The molecule has 112 valence electrons. The van der Waals surface area contributed by atoms with Crippen molar-refractivity contribution >= 4 is 24.5 Å². The third kappa shape index (κ3) is 3.52. The SMILES string of the molecule is O=C(O[C@H](C(=O)O)c1ccccc1)c1ccccc1B(O)O. The molecule has 2 rings (SSSR count). The van der Waals surface area contributed by atoms with Crippen molar-refractivity contribution in [3.63, 3.8) is 0 Å². The minimum absolute atomic E-state index is 0.0512. The lowest BCUT2D eigenvalue weighted by atomic mass is 9.77. The highest BCUT2D eigenvalue weighted by atomic mass is 16.6. The van der Waals surface area contributed by atoms with Gasteiger partial charge >= 0.3 is 19.1 Å². The lowest BCUT2D eigenvalue weighted by molar-refractivity contribution is -0.147. The van der Waals surface area contributed by atoms with Crippen LogP contribution >= 0.6 is 0 Å². The molecule has 2 aromatic carbocycles. The van der Waals surface area contributed by atoms with Crippen LogP contribution in [0.3, 0.4) is 0 Å². The van der Waals surface area contributed by atoms with E-state index in [2.05, 4.69) is 0 Å². The quantitative estimate of drug-likeness (QED) is 0.543. The molecule has 0 aliphatic carbocycles. The zero-order valence-electron chi connectivity index (χ0n) is 11.4. The van der Waals surface area contributed by atoms with E-state index in [0.29, 0.717) is 5.56 Å². The Morgan fingerprint density at radius 2 is 1.55 bits per heavy atom. The Balaban J connectivity index is 2.28. The Bertz CT molecular complexity index is 671. The normalized spacial score (nSPS) is 11.5. The van der Waals surface area contributed by atoms with E-state index in [1.54, 1.807) is 18.2 Å². The summed E-state index contributed by atoms with van der Waals surface area (Å²) in [6.45, 7) is 0. The number of rotatable bonds is 5.